The summed E-state index contributed by atoms with van der Waals surface area (Å²) >= 11 is 4.05. The van der Waals surface area contributed by atoms with Crippen LogP contribution in [0.2, 0.25) is 0 Å². The Morgan fingerprint density at radius 2 is 1.78 bits per heavy atom. The minimum atomic E-state index is -1.23. The van der Waals surface area contributed by atoms with Crippen LogP contribution >= 0.6 is 12.6 Å². The van der Waals surface area contributed by atoms with E-state index in [1.807, 2.05) is 13.8 Å². The molecule has 0 aliphatic heterocycles. The monoisotopic (exact) mass is 277 g/mol. The first kappa shape index (κ1) is 16.8. The zero-order chi connectivity index (χ0) is 14.3. The molecule has 0 aromatic carbocycles. The standard InChI is InChI=1S/C11H19NO5S/c1-6(2)7(5-18)10(15)12-8(11(16)17)3-4-9(13)14/h6-8,18H,3-5H2,1-2H3,(H,12,15)(H,13,14)(H,16,17)/t7?,8-/m0/s1. The summed E-state index contributed by atoms with van der Waals surface area (Å²) in [6, 6.07) is -1.17. The molecule has 104 valence electrons. The third-order valence-electron chi connectivity index (χ3n) is 2.60. The van der Waals surface area contributed by atoms with Gasteiger partial charge in [0.1, 0.15) is 6.04 Å². The molecule has 0 bridgehead atoms. The highest BCUT2D eigenvalue weighted by molar-refractivity contribution is 7.80. The number of carbonyl (C=O) groups is 3. The highest BCUT2D eigenvalue weighted by Gasteiger charge is 2.26. The van der Waals surface area contributed by atoms with Gasteiger partial charge in [0, 0.05) is 18.1 Å². The maximum Gasteiger partial charge on any atom is 0.326 e. The fourth-order valence-electron chi connectivity index (χ4n) is 1.40. The zero-order valence-corrected chi connectivity index (χ0v) is 11.3. The van der Waals surface area contributed by atoms with E-state index in [1.165, 1.54) is 0 Å². The molecule has 0 aromatic heterocycles. The number of thiol groups is 1. The largest absolute Gasteiger partial charge is 0.481 e. The van der Waals surface area contributed by atoms with E-state index in [9.17, 15) is 14.4 Å². The normalized spacial score (nSPS) is 14.0. The van der Waals surface area contributed by atoms with E-state index < -0.39 is 23.9 Å². The number of aliphatic carboxylic acids is 2. The smallest absolute Gasteiger partial charge is 0.326 e. The second-order valence-electron chi connectivity index (χ2n) is 4.36. The van der Waals surface area contributed by atoms with Gasteiger partial charge in [-0.2, -0.15) is 12.6 Å². The molecule has 0 saturated carbocycles. The summed E-state index contributed by atoms with van der Waals surface area (Å²) in [5.74, 6) is -2.76. The van der Waals surface area contributed by atoms with Gasteiger partial charge < -0.3 is 15.5 Å². The van der Waals surface area contributed by atoms with Crippen LogP contribution in [0.15, 0.2) is 0 Å². The highest BCUT2D eigenvalue weighted by atomic mass is 32.1. The molecule has 0 rings (SSSR count). The molecule has 2 atom stereocenters. The summed E-state index contributed by atoms with van der Waals surface area (Å²) in [6.07, 6.45) is -0.432. The molecule has 0 radical (unpaired) electrons. The Morgan fingerprint density at radius 3 is 2.11 bits per heavy atom. The van der Waals surface area contributed by atoms with E-state index in [1.54, 1.807) is 0 Å². The van der Waals surface area contributed by atoms with E-state index in [-0.39, 0.29) is 24.7 Å². The molecule has 0 aromatic rings. The lowest BCUT2D eigenvalue weighted by Crippen LogP contribution is -2.45. The lowest BCUT2D eigenvalue weighted by molar-refractivity contribution is -0.143. The number of carbonyl (C=O) groups excluding carboxylic acids is 1. The molecule has 6 nitrogen and oxygen atoms in total. The van der Waals surface area contributed by atoms with Crippen molar-refractivity contribution in [3.63, 3.8) is 0 Å². The summed E-state index contributed by atoms with van der Waals surface area (Å²) in [5, 5.41) is 19.8. The van der Waals surface area contributed by atoms with Crippen LogP contribution in [0.3, 0.4) is 0 Å². The van der Waals surface area contributed by atoms with Crippen molar-refractivity contribution < 1.29 is 24.6 Å². The SMILES string of the molecule is CC(C)C(CS)C(=O)N[C@@H](CCC(=O)O)C(=O)O. The van der Waals surface area contributed by atoms with Gasteiger partial charge in [-0.15, -0.1) is 0 Å². The molecule has 0 aliphatic carbocycles. The Morgan fingerprint density at radius 1 is 1.22 bits per heavy atom. The predicted octanol–water partition coefficient (Wildman–Crippen LogP) is 0.623. The van der Waals surface area contributed by atoms with Crippen molar-refractivity contribution in [3.05, 3.63) is 0 Å². The van der Waals surface area contributed by atoms with Gasteiger partial charge in [0.05, 0.1) is 0 Å². The van der Waals surface area contributed by atoms with Crippen LogP contribution in [-0.4, -0.2) is 39.9 Å². The molecule has 1 amide bonds. The summed E-state index contributed by atoms with van der Waals surface area (Å²) in [6.45, 7) is 3.68. The third kappa shape index (κ3) is 5.90. The Balaban J connectivity index is 4.53. The topological polar surface area (TPSA) is 104 Å². The van der Waals surface area contributed by atoms with Crippen LogP contribution in [-0.2, 0) is 14.4 Å². The summed E-state index contributed by atoms with van der Waals surface area (Å²) < 4.78 is 0. The molecular formula is C11H19NO5S. The molecule has 7 heteroatoms. The van der Waals surface area contributed by atoms with Crippen molar-refractivity contribution >= 4 is 30.5 Å². The lowest BCUT2D eigenvalue weighted by Gasteiger charge is -2.21. The lowest BCUT2D eigenvalue weighted by atomic mass is 9.96. The van der Waals surface area contributed by atoms with Gasteiger partial charge in [-0.05, 0) is 12.3 Å². The van der Waals surface area contributed by atoms with Crippen LogP contribution < -0.4 is 5.32 Å². The van der Waals surface area contributed by atoms with E-state index >= 15 is 0 Å². The minimum absolute atomic E-state index is 0.0384. The van der Waals surface area contributed by atoms with Gasteiger partial charge in [0.2, 0.25) is 5.91 Å². The van der Waals surface area contributed by atoms with E-state index in [0.29, 0.717) is 5.75 Å². The second kappa shape index (κ2) is 7.97. The average Bonchev–Trinajstić information content (AvgIpc) is 2.23. The van der Waals surface area contributed by atoms with Gasteiger partial charge >= 0.3 is 11.9 Å². The van der Waals surface area contributed by atoms with E-state index in [0.717, 1.165) is 0 Å². The van der Waals surface area contributed by atoms with Crippen molar-refractivity contribution in [2.24, 2.45) is 11.8 Å². The molecular weight excluding hydrogens is 258 g/mol. The summed E-state index contributed by atoms with van der Waals surface area (Å²) in [4.78, 5) is 33.1. The van der Waals surface area contributed by atoms with Gasteiger partial charge in [-0.3, -0.25) is 9.59 Å². The number of rotatable bonds is 8. The predicted molar refractivity (Wildman–Crippen MR) is 68.6 cm³/mol. The molecule has 0 spiro atoms. The number of carboxylic acids is 2. The number of amides is 1. The average molecular weight is 277 g/mol. The summed E-state index contributed by atoms with van der Waals surface area (Å²) in [5.41, 5.74) is 0. The molecule has 0 fully saturated rings. The zero-order valence-electron chi connectivity index (χ0n) is 10.4. The van der Waals surface area contributed by atoms with Crippen LogP contribution in [0, 0.1) is 11.8 Å². The first-order chi connectivity index (χ1) is 8.29. The van der Waals surface area contributed by atoms with E-state index in [2.05, 4.69) is 17.9 Å². The van der Waals surface area contributed by atoms with Crippen molar-refractivity contribution in [2.75, 3.05) is 5.75 Å². The van der Waals surface area contributed by atoms with Crippen molar-refractivity contribution in [1.29, 1.82) is 0 Å². The first-order valence-electron chi connectivity index (χ1n) is 5.65. The Kier molecular flexibility index (Phi) is 7.42. The van der Waals surface area contributed by atoms with Crippen molar-refractivity contribution in [3.8, 4) is 0 Å². The molecule has 0 aliphatic rings. The van der Waals surface area contributed by atoms with Crippen LogP contribution in [0.5, 0.6) is 0 Å². The Labute approximate surface area is 111 Å². The number of hydrogen-bond donors (Lipinski definition) is 4. The van der Waals surface area contributed by atoms with Gasteiger partial charge in [0.25, 0.3) is 0 Å². The van der Waals surface area contributed by atoms with Gasteiger partial charge in [-0.1, -0.05) is 13.8 Å². The number of carboxylic acid groups (broad SMARTS) is 2. The quantitative estimate of drug-likeness (QED) is 0.487. The number of hydrogen-bond acceptors (Lipinski definition) is 4. The van der Waals surface area contributed by atoms with Gasteiger partial charge in [-0.25, -0.2) is 4.79 Å². The molecule has 0 heterocycles. The maximum absolute atomic E-state index is 11.8. The molecule has 18 heavy (non-hydrogen) atoms. The Bertz CT molecular complexity index is 319. The maximum atomic E-state index is 11.8. The van der Waals surface area contributed by atoms with Crippen LogP contribution in [0.4, 0.5) is 0 Å². The fourth-order valence-corrected chi connectivity index (χ4v) is 1.99. The fraction of sp³-hybridized carbons (Fsp3) is 0.727. The third-order valence-corrected chi connectivity index (χ3v) is 2.99. The minimum Gasteiger partial charge on any atom is -0.481 e. The van der Waals surface area contributed by atoms with Gasteiger partial charge in [0.15, 0.2) is 0 Å². The molecule has 0 saturated heterocycles. The second-order valence-corrected chi connectivity index (χ2v) is 4.73. The van der Waals surface area contributed by atoms with Crippen molar-refractivity contribution in [1.82, 2.24) is 5.32 Å². The van der Waals surface area contributed by atoms with Crippen molar-refractivity contribution in [2.45, 2.75) is 32.7 Å². The summed E-state index contributed by atoms with van der Waals surface area (Å²) in [7, 11) is 0. The first-order valence-corrected chi connectivity index (χ1v) is 6.28. The molecule has 3 N–H and O–H groups in total. The Hall–Kier alpha value is -1.24. The number of nitrogens with one attached hydrogen (secondary N) is 1. The molecule has 1 unspecified atom stereocenters. The van der Waals surface area contributed by atoms with E-state index in [4.69, 9.17) is 10.2 Å². The van der Waals surface area contributed by atoms with Crippen LogP contribution in [0.25, 0.3) is 0 Å². The highest BCUT2D eigenvalue weighted by Crippen LogP contribution is 2.13. The van der Waals surface area contributed by atoms with Crippen LogP contribution in [0.1, 0.15) is 26.7 Å².